The minimum absolute atomic E-state index is 0.248. The van der Waals surface area contributed by atoms with Gasteiger partial charge in [-0.05, 0) is 30.3 Å². The van der Waals surface area contributed by atoms with Crippen LogP contribution in [-0.2, 0) is 0 Å². The van der Waals surface area contributed by atoms with Gasteiger partial charge in [-0.2, -0.15) is 0 Å². The lowest BCUT2D eigenvalue weighted by Crippen LogP contribution is -2.15. The van der Waals surface area contributed by atoms with Crippen molar-refractivity contribution in [2.75, 3.05) is 10.6 Å². The Labute approximate surface area is 138 Å². The fourth-order valence-electron chi connectivity index (χ4n) is 1.94. The van der Waals surface area contributed by atoms with Crippen LogP contribution in [0.3, 0.4) is 0 Å². The molecule has 5 nitrogen and oxygen atoms in total. The van der Waals surface area contributed by atoms with Gasteiger partial charge in [0, 0.05) is 11.9 Å². The zero-order valence-electron chi connectivity index (χ0n) is 12.0. The molecule has 0 saturated carbocycles. The van der Waals surface area contributed by atoms with E-state index in [-0.39, 0.29) is 11.6 Å². The SMILES string of the molecule is O=C(Nc1ccccc1Cl)c1ccnc(Nc2ccccc2)n1. The third-order valence-corrected chi connectivity index (χ3v) is 3.37. The molecule has 6 heteroatoms. The van der Waals surface area contributed by atoms with Gasteiger partial charge in [0.1, 0.15) is 5.69 Å². The van der Waals surface area contributed by atoms with Gasteiger partial charge in [-0.15, -0.1) is 0 Å². The Morgan fingerprint density at radius 2 is 1.70 bits per heavy atom. The molecule has 0 radical (unpaired) electrons. The quantitative estimate of drug-likeness (QED) is 0.757. The number of halogens is 1. The van der Waals surface area contributed by atoms with E-state index in [0.29, 0.717) is 16.7 Å². The van der Waals surface area contributed by atoms with Gasteiger partial charge >= 0.3 is 0 Å². The summed E-state index contributed by atoms with van der Waals surface area (Å²) in [4.78, 5) is 20.6. The molecule has 0 saturated heterocycles. The van der Waals surface area contributed by atoms with E-state index in [2.05, 4.69) is 20.6 Å². The number of nitrogens with one attached hydrogen (secondary N) is 2. The van der Waals surface area contributed by atoms with Crippen LogP contribution in [0.25, 0.3) is 0 Å². The molecule has 2 aromatic carbocycles. The molecule has 0 aliphatic carbocycles. The summed E-state index contributed by atoms with van der Waals surface area (Å²) in [5, 5.41) is 6.24. The molecule has 1 heterocycles. The van der Waals surface area contributed by atoms with Crippen LogP contribution in [0.1, 0.15) is 10.5 Å². The third-order valence-electron chi connectivity index (χ3n) is 3.04. The van der Waals surface area contributed by atoms with E-state index in [1.54, 1.807) is 30.3 Å². The number of anilines is 3. The van der Waals surface area contributed by atoms with Crippen LogP contribution in [0.4, 0.5) is 17.3 Å². The Morgan fingerprint density at radius 3 is 2.48 bits per heavy atom. The van der Waals surface area contributed by atoms with Gasteiger partial charge in [-0.1, -0.05) is 41.9 Å². The van der Waals surface area contributed by atoms with Gasteiger partial charge in [0.25, 0.3) is 5.91 Å². The molecular weight excluding hydrogens is 312 g/mol. The topological polar surface area (TPSA) is 66.9 Å². The monoisotopic (exact) mass is 324 g/mol. The van der Waals surface area contributed by atoms with Crippen molar-refractivity contribution in [1.82, 2.24) is 9.97 Å². The second-order valence-electron chi connectivity index (χ2n) is 4.69. The number of rotatable bonds is 4. The molecule has 0 bridgehead atoms. The Balaban J connectivity index is 1.77. The molecule has 0 spiro atoms. The highest BCUT2D eigenvalue weighted by Gasteiger charge is 2.11. The first kappa shape index (κ1) is 15.0. The van der Waals surface area contributed by atoms with E-state index in [1.165, 1.54) is 6.20 Å². The van der Waals surface area contributed by atoms with Crippen molar-refractivity contribution in [2.45, 2.75) is 0 Å². The zero-order valence-corrected chi connectivity index (χ0v) is 12.8. The molecular formula is C17H13ClN4O. The van der Waals surface area contributed by atoms with Crippen molar-refractivity contribution >= 4 is 34.8 Å². The Hall–Kier alpha value is -2.92. The normalized spacial score (nSPS) is 10.1. The van der Waals surface area contributed by atoms with E-state index in [1.807, 2.05) is 30.3 Å². The smallest absolute Gasteiger partial charge is 0.274 e. The van der Waals surface area contributed by atoms with Crippen molar-refractivity contribution in [3.8, 4) is 0 Å². The van der Waals surface area contributed by atoms with E-state index in [4.69, 9.17) is 11.6 Å². The van der Waals surface area contributed by atoms with Gasteiger partial charge in [0.2, 0.25) is 5.95 Å². The second kappa shape index (κ2) is 6.89. The maximum atomic E-state index is 12.3. The summed E-state index contributed by atoms with van der Waals surface area (Å²) in [5.41, 5.74) is 1.63. The summed E-state index contributed by atoms with van der Waals surface area (Å²) in [6.07, 6.45) is 1.53. The molecule has 1 aromatic heterocycles. The first-order chi connectivity index (χ1) is 11.2. The summed E-state index contributed by atoms with van der Waals surface area (Å²) < 4.78 is 0. The largest absolute Gasteiger partial charge is 0.324 e. The van der Waals surface area contributed by atoms with E-state index in [0.717, 1.165) is 5.69 Å². The molecule has 0 aliphatic heterocycles. The van der Waals surface area contributed by atoms with Crippen molar-refractivity contribution < 1.29 is 4.79 Å². The predicted molar refractivity (Wildman–Crippen MR) is 91.2 cm³/mol. The first-order valence-corrected chi connectivity index (χ1v) is 7.31. The minimum atomic E-state index is -0.350. The maximum Gasteiger partial charge on any atom is 0.274 e. The summed E-state index contributed by atoms with van der Waals surface area (Å²) in [6.45, 7) is 0. The lowest BCUT2D eigenvalue weighted by Gasteiger charge is -2.08. The number of carbonyl (C=O) groups is 1. The summed E-state index contributed by atoms with van der Waals surface area (Å²) in [6, 6.07) is 18.1. The molecule has 3 rings (SSSR count). The van der Waals surface area contributed by atoms with Gasteiger partial charge in [0.05, 0.1) is 10.7 Å². The van der Waals surface area contributed by atoms with Crippen LogP contribution in [0, 0.1) is 0 Å². The third kappa shape index (κ3) is 3.84. The van der Waals surface area contributed by atoms with Gasteiger partial charge in [-0.25, -0.2) is 9.97 Å². The number of benzene rings is 2. The fraction of sp³-hybridized carbons (Fsp3) is 0. The van der Waals surface area contributed by atoms with E-state index < -0.39 is 0 Å². The maximum absolute atomic E-state index is 12.3. The molecule has 3 aromatic rings. The highest BCUT2D eigenvalue weighted by atomic mass is 35.5. The highest BCUT2D eigenvalue weighted by molar-refractivity contribution is 6.33. The van der Waals surface area contributed by atoms with Crippen molar-refractivity contribution in [3.63, 3.8) is 0 Å². The Kier molecular flexibility index (Phi) is 4.49. The number of hydrogen-bond acceptors (Lipinski definition) is 4. The van der Waals surface area contributed by atoms with Crippen molar-refractivity contribution in [2.24, 2.45) is 0 Å². The lowest BCUT2D eigenvalue weighted by molar-refractivity contribution is 0.102. The van der Waals surface area contributed by atoms with Gasteiger partial charge in [-0.3, -0.25) is 4.79 Å². The molecule has 0 fully saturated rings. The van der Waals surface area contributed by atoms with Gasteiger partial charge < -0.3 is 10.6 Å². The second-order valence-corrected chi connectivity index (χ2v) is 5.10. The van der Waals surface area contributed by atoms with E-state index >= 15 is 0 Å². The highest BCUT2D eigenvalue weighted by Crippen LogP contribution is 2.21. The van der Waals surface area contributed by atoms with Crippen LogP contribution in [-0.4, -0.2) is 15.9 Å². The predicted octanol–water partition coefficient (Wildman–Crippen LogP) is 4.13. The number of aromatic nitrogens is 2. The molecule has 0 atom stereocenters. The summed E-state index contributed by atoms with van der Waals surface area (Å²) in [5.74, 6) is -0.000352. The molecule has 2 N–H and O–H groups in total. The standard InChI is InChI=1S/C17H13ClN4O/c18-13-8-4-5-9-14(13)21-16(23)15-10-11-19-17(22-15)20-12-6-2-1-3-7-12/h1-11H,(H,21,23)(H,19,20,22). The van der Waals surface area contributed by atoms with Crippen LogP contribution in [0.5, 0.6) is 0 Å². The summed E-state index contributed by atoms with van der Waals surface area (Å²) in [7, 11) is 0. The minimum Gasteiger partial charge on any atom is -0.324 e. The summed E-state index contributed by atoms with van der Waals surface area (Å²) >= 11 is 6.03. The molecule has 0 aliphatic rings. The average molecular weight is 325 g/mol. The zero-order chi connectivity index (χ0) is 16.1. The van der Waals surface area contributed by atoms with Crippen LogP contribution in [0.15, 0.2) is 66.9 Å². The molecule has 0 unspecified atom stereocenters. The molecule has 114 valence electrons. The molecule has 23 heavy (non-hydrogen) atoms. The Bertz CT molecular complexity index is 824. The van der Waals surface area contributed by atoms with Gasteiger partial charge in [0.15, 0.2) is 0 Å². The number of para-hydroxylation sites is 2. The number of carbonyl (C=O) groups excluding carboxylic acids is 1. The van der Waals surface area contributed by atoms with E-state index in [9.17, 15) is 4.79 Å². The number of nitrogens with zero attached hydrogens (tertiary/aromatic N) is 2. The number of amides is 1. The first-order valence-electron chi connectivity index (χ1n) is 6.93. The van der Waals surface area contributed by atoms with Crippen molar-refractivity contribution in [1.29, 1.82) is 0 Å². The average Bonchev–Trinajstić information content (AvgIpc) is 2.58. The van der Waals surface area contributed by atoms with Crippen molar-refractivity contribution in [3.05, 3.63) is 77.6 Å². The van der Waals surface area contributed by atoms with Crippen LogP contribution >= 0.6 is 11.6 Å². The Morgan fingerprint density at radius 1 is 0.957 bits per heavy atom. The molecule has 1 amide bonds. The van der Waals surface area contributed by atoms with Crippen LogP contribution < -0.4 is 10.6 Å². The van der Waals surface area contributed by atoms with Crippen LogP contribution in [0.2, 0.25) is 5.02 Å². The fourth-order valence-corrected chi connectivity index (χ4v) is 2.13. The number of hydrogen-bond donors (Lipinski definition) is 2. The lowest BCUT2D eigenvalue weighted by atomic mass is 10.3.